The van der Waals surface area contributed by atoms with E-state index in [4.69, 9.17) is 4.42 Å². The molecule has 0 bridgehead atoms. The highest BCUT2D eigenvalue weighted by molar-refractivity contribution is 6.94. The third-order valence-electron chi connectivity index (χ3n) is 18.8. The number of aromatic nitrogens is 1. The van der Waals surface area contributed by atoms with Gasteiger partial charge in [-0.1, -0.05) is 145 Å². The Balaban J connectivity index is 1.25. The van der Waals surface area contributed by atoms with Gasteiger partial charge in [-0.05, 0) is 174 Å². The zero-order valence-corrected chi connectivity index (χ0v) is 43.1. The smallest absolute Gasteiger partial charge is 0.333 e. The average Bonchev–Trinajstić information content (AvgIpc) is 3.92. The van der Waals surface area contributed by atoms with Gasteiger partial charge in [0.15, 0.2) is 0 Å². The highest BCUT2D eigenvalue weighted by Crippen LogP contribution is 2.61. The summed E-state index contributed by atoms with van der Waals surface area (Å²) >= 11 is 0. The maximum Gasteiger partial charge on any atom is 0.333 e. The number of hydrogen-bond donors (Lipinski definition) is 0. The van der Waals surface area contributed by atoms with Gasteiger partial charge in [0, 0.05) is 49.6 Å². The Labute approximate surface area is 409 Å². The minimum absolute atomic E-state index is 0.0279. The zero-order valence-electron chi connectivity index (χ0n) is 43.1. The topological polar surface area (TPSA) is 21.3 Å². The summed E-state index contributed by atoms with van der Waals surface area (Å²) in [5.41, 5.74) is 26.9. The molecule has 4 heteroatoms. The van der Waals surface area contributed by atoms with Crippen molar-refractivity contribution in [1.29, 1.82) is 0 Å². The average molecular weight is 901 g/mol. The van der Waals surface area contributed by atoms with Gasteiger partial charge < -0.3 is 13.8 Å². The fourth-order valence-corrected chi connectivity index (χ4v) is 14.6. The molecule has 4 heterocycles. The number of rotatable bonds is 1. The van der Waals surface area contributed by atoms with Crippen LogP contribution in [0.3, 0.4) is 0 Å². The highest BCUT2D eigenvalue weighted by atomic mass is 16.3. The van der Waals surface area contributed by atoms with Gasteiger partial charge in [0.2, 0.25) is 0 Å². The van der Waals surface area contributed by atoms with Crippen molar-refractivity contribution < 1.29 is 4.42 Å². The zero-order chi connectivity index (χ0) is 47.9. The molecule has 3 aliphatic carbocycles. The molecule has 69 heavy (non-hydrogen) atoms. The minimum Gasteiger partial charge on any atom is -0.456 e. The van der Waals surface area contributed by atoms with Crippen LogP contribution in [-0.2, 0) is 32.5 Å². The first-order valence-corrected chi connectivity index (χ1v) is 26.0. The predicted octanol–water partition coefficient (Wildman–Crippen LogP) is 16.2. The Morgan fingerprint density at radius 3 is 1.81 bits per heavy atom. The highest BCUT2D eigenvalue weighted by Gasteiger charge is 2.52. The maximum atomic E-state index is 6.92. The number of furan rings is 1. The molecule has 14 rings (SSSR count). The first kappa shape index (κ1) is 41.9. The molecule has 7 aromatic carbocycles. The van der Waals surface area contributed by atoms with E-state index >= 15 is 0 Å². The Morgan fingerprint density at radius 2 is 1.13 bits per heavy atom. The summed E-state index contributed by atoms with van der Waals surface area (Å²) < 4.78 is 9.68. The van der Waals surface area contributed by atoms with E-state index < -0.39 is 0 Å². The monoisotopic (exact) mass is 901 g/mol. The molecule has 0 saturated carbocycles. The predicted molar refractivity (Wildman–Crippen MR) is 294 cm³/mol. The summed E-state index contributed by atoms with van der Waals surface area (Å²) in [5.74, 6) is 0. The summed E-state index contributed by atoms with van der Waals surface area (Å²) in [6.45, 7) is 31.8. The van der Waals surface area contributed by atoms with Crippen LogP contribution in [0, 0.1) is 0 Å². The van der Waals surface area contributed by atoms with Crippen LogP contribution in [0.4, 0.5) is 11.4 Å². The molecule has 0 atom stereocenters. The molecule has 2 aliphatic heterocycles. The lowest BCUT2D eigenvalue weighted by Crippen LogP contribution is -2.61. The van der Waals surface area contributed by atoms with Crippen LogP contribution >= 0.6 is 0 Å². The summed E-state index contributed by atoms with van der Waals surface area (Å²) in [5, 5.41) is 5.16. The van der Waals surface area contributed by atoms with Gasteiger partial charge in [0.25, 0.3) is 0 Å². The van der Waals surface area contributed by atoms with Gasteiger partial charge in [-0.2, -0.15) is 0 Å². The van der Waals surface area contributed by atoms with Crippen molar-refractivity contribution >= 4 is 72.9 Å². The molecular formula is C65H65BN2O. The largest absolute Gasteiger partial charge is 0.456 e. The number of hydrogen-bond acceptors (Lipinski definition) is 2. The second-order valence-electron chi connectivity index (χ2n) is 26.2. The third-order valence-corrected chi connectivity index (χ3v) is 18.8. The summed E-state index contributed by atoms with van der Waals surface area (Å²) in [6.07, 6.45) is 4.67. The molecule has 0 amide bonds. The Morgan fingerprint density at radius 1 is 0.522 bits per heavy atom. The fraction of sp³-hybridized carbons (Fsp3) is 0.354. The first-order valence-electron chi connectivity index (χ1n) is 26.0. The van der Waals surface area contributed by atoms with Crippen molar-refractivity contribution in [1.82, 2.24) is 4.57 Å². The van der Waals surface area contributed by atoms with Gasteiger partial charge in [0.1, 0.15) is 11.2 Å². The molecule has 0 spiro atoms. The SMILES string of the molecule is CC(C)(C)c1ccc(N2B3c4cc5oc6ccccc6c5cc4-n4c5cc6c(cc5c5c7c(c(c3c54)-c3cc4c(cc32)C(C)(C)CCC4(C)C)-c2ccccc2C7(C)C)C(C)(C)CCC6(C)C)cc1. The molecule has 0 N–H and O–H groups in total. The van der Waals surface area contributed by atoms with Gasteiger partial charge in [0.05, 0.1) is 11.0 Å². The van der Waals surface area contributed by atoms with Crippen molar-refractivity contribution in [2.45, 2.75) is 148 Å². The van der Waals surface area contributed by atoms with E-state index in [1.54, 1.807) is 0 Å². The van der Waals surface area contributed by atoms with E-state index in [2.05, 4.69) is 209 Å². The Kier molecular flexibility index (Phi) is 7.81. The van der Waals surface area contributed by atoms with Crippen LogP contribution in [0.25, 0.3) is 71.7 Å². The quantitative estimate of drug-likeness (QED) is 0.153. The number of para-hydroxylation sites is 1. The van der Waals surface area contributed by atoms with Crippen LogP contribution < -0.4 is 15.7 Å². The molecule has 0 fully saturated rings. The molecule has 2 aromatic heterocycles. The standard InChI is InChI=1S/C65H65BN2O/c1-60(2,3)36-22-24-37(25-23-36)68-50-34-47-45(62(6,7)27-29-64(47,10)11)31-42(50)55-54-39-19-14-16-20-43(39)65(12,13)57(54)56-41-30-44-46(63(8,9)28-26-61(44,4)5)33-49(41)67-51-32-40-38-18-15-17-21-52(38)69-53(40)35-48(51)66(68)58(55)59(56)67/h14-25,30-35H,26-29H2,1-13H3. The first-order chi connectivity index (χ1) is 32.6. The summed E-state index contributed by atoms with van der Waals surface area (Å²) in [7, 11) is 0. The van der Waals surface area contributed by atoms with E-state index in [-0.39, 0.29) is 39.3 Å². The molecule has 5 aliphatic rings. The lowest BCUT2D eigenvalue weighted by molar-refractivity contribution is 0.332. The molecule has 0 saturated heterocycles. The number of anilines is 2. The second-order valence-corrected chi connectivity index (χ2v) is 26.2. The van der Waals surface area contributed by atoms with Crippen molar-refractivity contribution in [3.8, 4) is 27.9 Å². The van der Waals surface area contributed by atoms with Crippen LogP contribution in [0.15, 0.2) is 114 Å². The van der Waals surface area contributed by atoms with Crippen molar-refractivity contribution in [3.63, 3.8) is 0 Å². The molecule has 344 valence electrons. The second kappa shape index (κ2) is 12.9. The van der Waals surface area contributed by atoms with E-state index in [1.807, 2.05) is 0 Å². The van der Waals surface area contributed by atoms with Crippen LogP contribution in [-0.4, -0.2) is 11.4 Å². The van der Waals surface area contributed by atoms with Crippen LogP contribution in [0.5, 0.6) is 0 Å². The van der Waals surface area contributed by atoms with E-state index in [0.29, 0.717) is 0 Å². The molecule has 0 radical (unpaired) electrons. The van der Waals surface area contributed by atoms with E-state index in [0.717, 1.165) is 17.6 Å². The van der Waals surface area contributed by atoms with Crippen LogP contribution in [0.1, 0.15) is 155 Å². The summed E-state index contributed by atoms with van der Waals surface area (Å²) in [4.78, 5) is 2.77. The van der Waals surface area contributed by atoms with Gasteiger partial charge in [-0.15, -0.1) is 0 Å². The lowest BCUT2D eigenvalue weighted by Gasteiger charge is -2.47. The third kappa shape index (κ3) is 5.26. The number of nitrogens with zero attached hydrogens (tertiary/aromatic N) is 2. The molecule has 3 nitrogen and oxygen atoms in total. The Bertz CT molecular complexity index is 3800. The van der Waals surface area contributed by atoms with Crippen LogP contribution in [0.2, 0.25) is 0 Å². The van der Waals surface area contributed by atoms with Crippen molar-refractivity contribution in [3.05, 3.63) is 148 Å². The molecule has 9 aromatic rings. The normalized spacial score (nSPS) is 19.4. The Hall–Kier alpha value is -6.00. The van der Waals surface area contributed by atoms with Crippen molar-refractivity contribution in [2.75, 3.05) is 4.81 Å². The fourth-order valence-electron chi connectivity index (χ4n) is 14.6. The number of fused-ring (bicyclic) bond motifs is 18. The van der Waals surface area contributed by atoms with Gasteiger partial charge >= 0.3 is 6.85 Å². The minimum atomic E-state index is -0.249. The van der Waals surface area contributed by atoms with Crippen molar-refractivity contribution in [2.24, 2.45) is 0 Å². The summed E-state index contributed by atoms with van der Waals surface area (Å²) in [6, 6.07) is 43.4. The number of benzene rings is 7. The lowest BCUT2D eigenvalue weighted by atomic mass is 9.43. The van der Waals surface area contributed by atoms with E-state index in [9.17, 15) is 0 Å². The molecule has 0 unspecified atom stereocenters. The van der Waals surface area contributed by atoms with Gasteiger partial charge in [-0.3, -0.25) is 0 Å². The molecular weight excluding hydrogens is 836 g/mol. The van der Waals surface area contributed by atoms with Gasteiger partial charge in [-0.25, -0.2) is 0 Å². The van der Waals surface area contributed by atoms with E-state index in [1.165, 1.54) is 141 Å². The maximum absolute atomic E-state index is 6.92.